The van der Waals surface area contributed by atoms with E-state index in [0.29, 0.717) is 36.0 Å². The van der Waals surface area contributed by atoms with E-state index < -0.39 is 11.9 Å². The van der Waals surface area contributed by atoms with E-state index in [1.165, 1.54) is 6.07 Å². The maximum absolute atomic E-state index is 14.1. The molecule has 0 aliphatic carbocycles. The predicted molar refractivity (Wildman–Crippen MR) is 95.8 cm³/mol. The molecule has 3 saturated heterocycles. The van der Waals surface area contributed by atoms with Crippen molar-refractivity contribution in [2.24, 2.45) is 17.6 Å². The van der Waals surface area contributed by atoms with E-state index in [4.69, 9.17) is 17.3 Å². The van der Waals surface area contributed by atoms with Crippen molar-refractivity contribution in [3.05, 3.63) is 34.6 Å². The summed E-state index contributed by atoms with van der Waals surface area (Å²) in [6.45, 7) is 1.88. The molecule has 2 N–H and O–H groups in total. The number of carbonyl (C=O) groups is 2. The number of hydrogen-bond acceptors (Lipinski definition) is 3. The summed E-state index contributed by atoms with van der Waals surface area (Å²) in [5.41, 5.74) is 6.24. The number of primary amides is 1. The molecule has 3 aliphatic rings. The van der Waals surface area contributed by atoms with Gasteiger partial charge in [-0.05, 0) is 43.4 Å². The second kappa shape index (κ2) is 6.82. The van der Waals surface area contributed by atoms with Crippen LogP contribution in [0.15, 0.2) is 18.2 Å². The number of fused-ring (bicyclic) bond motifs is 4. The SMILES string of the molecule is NC(=O)[C@H]1[C@H]2C[C@H](CN(Cc3cc(Cl)ccc3F)C2)[C@@H]2CCCC(=O)N21. The van der Waals surface area contributed by atoms with Gasteiger partial charge >= 0.3 is 0 Å². The van der Waals surface area contributed by atoms with Crippen molar-refractivity contribution >= 4 is 23.4 Å². The zero-order valence-electron chi connectivity index (χ0n) is 14.5. The Morgan fingerprint density at radius 1 is 1.31 bits per heavy atom. The third kappa shape index (κ3) is 3.09. The molecule has 7 heteroatoms. The number of nitrogens with two attached hydrogens (primary N) is 1. The lowest BCUT2D eigenvalue weighted by atomic mass is 9.72. The highest BCUT2D eigenvalue weighted by Gasteiger charge is 2.51. The second-order valence-corrected chi connectivity index (χ2v) is 8.23. The van der Waals surface area contributed by atoms with Gasteiger partial charge in [-0.3, -0.25) is 14.5 Å². The van der Waals surface area contributed by atoms with Crippen molar-refractivity contribution in [3.63, 3.8) is 0 Å². The Kier molecular flexibility index (Phi) is 4.65. The molecule has 2 amide bonds. The summed E-state index contributed by atoms with van der Waals surface area (Å²) in [7, 11) is 0. The summed E-state index contributed by atoms with van der Waals surface area (Å²) >= 11 is 6.01. The van der Waals surface area contributed by atoms with Crippen LogP contribution in [0, 0.1) is 17.7 Å². The Morgan fingerprint density at radius 2 is 2.08 bits per heavy atom. The molecule has 0 spiro atoms. The Hall–Kier alpha value is -1.66. The summed E-state index contributed by atoms with van der Waals surface area (Å²) in [5.74, 6) is -0.340. The highest BCUT2D eigenvalue weighted by molar-refractivity contribution is 6.30. The number of piperidine rings is 3. The van der Waals surface area contributed by atoms with Crippen LogP contribution in [-0.4, -0.2) is 46.8 Å². The third-order valence-corrected chi connectivity index (χ3v) is 6.35. The van der Waals surface area contributed by atoms with Crippen LogP contribution in [0.4, 0.5) is 4.39 Å². The Morgan fingerprint density at radius 3 is 2.85 bits per heavy atom. The molecule has 1 aromatic rings. The van der Waals surface area contributed by atoms with Crippen LogP contribution >= 0.6 is 11.6 Å². The van der Waals surface area contributed by atoms with Crippen LogP contribution in [0.3, 0.4) is 0 Å². The zero-order valence-corrected chi connectivity index (χ0v) is 15.3. The number of amides is 2. The predicted octanol–water partition coefficient (Wildman–Crippen LogP) is 2.17. The fraction of sp³-hybridized carbons (Fsp3) is 0.579. The molecule has 0 unspecified atom stereocenters. The quantitative estimate of drug-likeness (QED) is 0.875. The summed E-state index contributed by atoms with van der Waals surface area (Å²) in [5, 5.41) is 0.512. The van der Waals surface area contributed by atoms with Gasteiger partial charge in [0.25, 0.3) is 0 Å². The van der Waals surface area contributed by atoms with E-state index in [9.17, 15) is 14.0 Å². The van der Waals surface area contributed by atoms with Gasteiger partial charge in [-0.25, -0.2) is 4.39 Å². The number of nitrogens with zero attached hydrogens (tertiary/aromatic N) is 2. The number of benzene rings is 1. The minimum Gasteiger partial charge on any atom is -0.368 e. The largest absolute Gasteiger partial charge is 0.368 e. The van der Waals surface area contributed by atoms with Gasteiger partial charge in [-0.15, -0.1) is 0 Å². The standard InChI is InChI=1S/C19H23ClFN3O2/c20-14-4-5-15(21)11(7-14)8-23-9-12-6-13(10-23)18(19(22)26)24-16(12)2-1-3-17(24)25/h4-5,7,12-13,16,18H,1-3,6,8-10H2,(H2,22,26)/t12-,13+,16+,18-/m1/s1. The summed E-state index contributed by atoms with van der Waals surface area (Å²) in [6.07, 6.45) is 3.16. The average Bonchev–Trinajstić information content (AvgIpc) is 2.59. The second-order valence-electron chi connectivity index (χ2n) is 7.79. The number of likely N-dealkylation sites (tertiary alicyclic amines) is 1. The maximum atomic E-state index is 14.1. The van der Waals surface area contributed by atoms with E-state index in [2.05, 4.69) is 4.90 Å². The van der Waals surface area contributed by atoms with Crippen molar-refractivity contribution in [2.45, 2.75) is 44.3 Å². The first kappa shape index (κ1) is 17.7. The molecule has 140 valence electrons. The summed E-state index contributed by atoms with van der Waals surface area (Å²) < 4.78 is 14.1. The molecule has 3 fully saturated rings. The van der Waals surface area contributed by atoms with E-state index in [0.717, 1.165) is 25.8 Å². The van der Waals surface area contributed by atoms with E-state index in [-0.39, 0.29) is 23.7 Å². The van der Waals surface area contributed by atoms with E-state index in [1.54, 1.807) is 17.0 Å². The van der Waals surface area contributed by atoms with Crippen molar-refractivity contribution in [2.75, 3.05) is 13.1 Å². The van der Waals surface area contributed by atoms with Gasteiger partial charge in [0, 0.05) is 48.6 Å². The molecular weight excluding hydrogens is 357 g/mol. The van der Waals surface area contributed by atoms with Crippen LogP contribution in [-0.2, 0) is 16.1 Å². The monoisotopic (exact) mass is 379 g/mol. The first-order valence-electron chi connectivity index (χ1n) is 9.21. The highest BCUT2D eigenvalue weighted by Crippen LogP contribution is 2.41. The van der Waals surface area contributed by atoms with Gasteiger partial charge in [0.05, 0.1) is 0 Å². The lowest BCUT2D eigenvalue weighted by molar-refractivity contribution is -0.159. The molecule has 1 aromatic carbocycles. The smallest absolute Gasteiger partial charge is 0.240 e. The number of halogens is 2. The van der Waals surface area contributed by atoms with E-state index in [1.807, 2.05) is 0 Å². The molecule has 4 atom stereocenters. The molecule has 26 heavy (non-hydrogen) atoms. The first-order chi connectivity index (χ1) is 12.4. The Balaban J connectivity index is 1.59. The average molecular weight is 380 g/mol. The number of carbonyl (C=O) groups excluding carboxylic acids is 2. The molecule has 0 aromatic heterocycles. The van der Waals surface area contributed by atoms with Crippen LogP contribution in [0.5, 0.6) is 0 Å². The molecule has 5 nitrogen and oxygen atoms in total. The minimum absolute atomic E-state index is 0.00629. The minimum atomic E-state index is -0.545. The van der Waals surface area contributed by atoms with Crippen molar-refractivity contribution in [1.29, 1.82) is 0 Å². The fourth-order valence-corrected chi connectivity index (χ4v) is 5.35. The maximum Gasteiger partial charge on any atom is 0.240 e. The van der Waals surface area contributed by atoms with Gasteiger partial charge in [0.15, 0.2) is 0 Å². The first-order valence-corrected chi connectivity index (χ1v) is 9.58. The topological polar surface area (TPSA) is 66.6 Å². The number of hydrogen-bond donors (Lipinski definition) is 1. The summed E-state index contributed by atoms with van der Waals surface area (Å²) in [4.78, 5) is 28.6. The molecule has 2 bridgehead atoms. The summed E-state index contributed by atoms with van der Waals surface area (Å²) in [6, 6.07) is 4.10. The zero-order chi connectivity index (χ0) is 18.4. The van der Waals surface area contributed by atoms with E-state index >= 15 is 0 Å². The van der Waals surface area contributed by atoms with Crippen molar-refractivity contribution in [3.8, 4) is 0 Å². The van der Waals surface area contributed by atoms with Crippen molar-refractivity contribution < 1.29 is 14.0 Å². The van der Waals surface area contributed by atoms with Gasteiger partial charge in [0.2, 0.25) is 11.8 Å². The van der Waals surface area contributed by atoms with Crippen LogP contribution < -0.4 is 5.73 Å². The van der Waals surface area contributed by atoms with Crippen LogP contribution in [0.2, 0.25) is 5.02 Å². The fourth-order valence-electron chi connectivity index (χ4n) is 5.15. The lowest BCUT2D eigenvalue weighted by Gasteiger charge is -2.55. The molecule has 3 aliphatic heterocycles. The molecule has 0 radical (unpaired) electrons. The van der Waals surface area contributed by atoms with Gasteiger partial charge in [-0.1, -0.05) is 11.6 Å². The number of rotatable bonds is 3. The molecule has 3 heterocycles. The third-order valence-electron chi connectivity index (χ3n) is 6.11. The molecular formula is C19H23ClFN3O2. The van der Waals surface area contributed by atoms with Crippen molar-refractivity contribution in [1.82, 2.24) is 9.80 Å². The van der Waals surface area contributed by atoms with Gasteiger partial charge in [0.1, 0.15) is 11.9 Å². The normalized spacial score (nSPS) is 31.6. The highest BCUT2D eigenvalue weighted by atomic mass is 35.5. The molecule has 0 saturated carbocycles. The Bertz CT molecular complexity index is 743. The van der Waals surface area contributed by atoms with Gasteiger partial charge in [-0.2, -0.15) is 0 Å². The lowest BCUT2D eigenvalue weighted by Crippen LogP contribution is -2.67. The molecule has 4 rings (SSSR count). The van der Waals surface area contributed by atoms with Crippen LogP contribution in [0.25, 0.3) is 0 Å². The Labute approximate surface area is 157 Å². The van der Waals surface area contributed by atoms with Gasteiger partial charge < -0.3 is 10.6 Å². The van der Waals surface area contributed by atoms with Crippen LogP contribution in [0.1, 0.15) is 31.2 Å².